The lowest BCUT2D eigenvalue weighted by atomic mass is 9.87. The molecule has 1 fully saturated rings. The van der Waals surface area contributed by atoms with Crippen molar-refractivity contribution in [2.24, 2.45) is 5.92 Å². The van der Waals surface area contributed by atoms with Gasteiger partial charge in [-0.05, 0) is 74.2 Å². The summed E-state index contributed by atoms with van der Waals surface area (Å²) < 4.78 is 99.6. The second-order valence-electron chi connectivity index (χ2n) is 9.48. The summed E-state index contributed by atoms with van der Waals surface area (Å²) >= 11 is 0. The summed E-state index contributed by atoms with van der Waals surface area (Å²) in [6, 6.07) is 7.14. The fourth-order valence-electron chi connectivity index (χ4n) is 4.90. The van der Waals surface area contributed by atoms with Crippen LogP contribution in [0.1, 0.15) is 60.5 Å². The van der Waals surface area contributed by atoms with Gasteiger partial charge in [0.2, 0.25) is 0 Å². The van der Waals surface area contributed by atoms with Gasteiger partial charge in [-0.2, -0.15) is 26.3 Å². The van der Waals surface area contributed by atoms with Crippen LogP contribution in [0.15, 0.2) is 42.5 Å². The lowest BCUT2D eigenvalue weighted by Crippen LogP contribution is -2.31. The Morgan fingerprint density at radius 1 is 1.03 bits per heavy atom. The fourth-order valence-corrected chi connectivity index (χ4v) is 4.90. The van der Waals surface area contributed by atoms with Gasteiger partial charge in [0.05, 0.1) is 29.8 Å². The number of alkyl halides is 6. The highest BCUT2D eigenvalue weighted by atomic mass is 19.4. The number of rotatable bonds is 9. The molecule has 1 saturated carbocycles. The number of hydrogen-bond acceptors (Lipinski definition) is 3. The van der Waals surface area contributed by atoms with Gasteiger partial charge in [-0.15, -0.1) is 0 Å². The van der Waals surface area contributed by atoms with Gasteiger partial charge in [0.1, 0.15) is 5.82 Å². The molecule has 0 amide bonds. The van der Waals surface area contributed by atoms with Crippen molar-refractivity contribution in [3.8, 4) is 0 Å². The zero-order valence-electron chi connectivity index (χ0n) is 20.2. The minimum absolute atomic E-state index is 0.0475. The van der Waals surface area contributed by atoms with E-state index in [1.165, 1.54) is 19.1 Å². The van der Waals surface area contributed by atoms with Crippen molar-refractivity contribution in [1.82, 2.24) is 4.90 Å². The summed E-state index contributed by atoms with van der Waals surface area (Å²) in [5, 5.41) is 8.95. The first kappa shape index (κ1) is 28.9. The standard InChI is InChI=1S/C26H28F7NO3/c1-15(18-11-19(25(28,29)30)13-20(12-18)26(31,32)33)37-22-8-5-17(14-34(2)10-9-23(35)36)24(22)16-3-6-21(27)7-4-16/h3-4,6-7,11-13,15,17,22,24H,5,8-10,14H2,1-2H3,(H,35,36). The number of carboxylic acid groups (broad SMARTS) is 1. The third-order valence-electron chi connectivity index (χ3n) is 6.70. The number of carboxylic acids is 1. The van der Waals surface area contributed by atoms with Gasteiger partial charge in [0.25, 0.3) is 0 Å². The molecule has 1 aliphatic carbocycles. The molecule has 0 aliphatic heterocycles. The highest BCUT2D eigenvalue weighted by Gasteiger charge is 2.41. The zero-order valence-corrected chi connectivity index (χ0v) is 20.2. The van der Waals surface area contributed by atoms with Crippen LogP contribution in [0.25, 0.3) is 0 Å². The van der Waals surface area contributed by atoms with Crippen molar-refractivity contribution in [3.63, 3.8) is 0 Å². The van der Waals surface area contributed by atoms with Crippen molar-refractivity contribution < 1.29 is 45.4 Å². The molecule has 1 aliphatic rings. The van der Waals surface area contributed by atoms with Crippen molar-refractivity contribution in [2.45, 2.75) is 56.7 Å². The van der Waals surface area contributed by atoms with Gasteiger partial charge in [-0.1, -0.05) is 12.1 Å². The number of halogens is 7. The summed E-state index contributed by atoms with van der Waals surface area (Å²) in [6.45, 7) is 2.20. The molecule has 204 valence electrons. The molecule has 0 bridgehead atoms. The van der Waals surface area contributed by atoms with Gasteiger partial charge in [-0.25, -0.2) is 4.39 Å². The first-order chi connectivity index (χ1) is 17.1. The minimum Gasteiger partial charge on any atom is -0.481 e. The first-order valence-corrected chi connectivity index (χ1v) is 11.8. The number of hydrogen-bond donors (Lipinski definition) is 1. The van der Waals surface area contributed by atoms with E-state index < -0.39 is 47.5 Å². The molecule has 0 saturated heterocycles. The van der Waals surface area contributed by atoms with E-state index in [1.54, 1.807) is 19.2 Å². The molecule has 0 spiro atoms. The Hall–Kier alpha value is -2.66. The van der Waals surface area contributed by atoms with Crippen LogP contribution in [0, 0.1) is 11.7 Å². The quantitative estimate of drug-likeness (QED) is 0.355. The molecular formula is C26H28F7NO3. The summed E-state index contributed by atoms with van der Waals surface area (Å²) in [5.74, 6) is -1.76. The predicted molar refractivity (Wildman–Crippen MR) is 121 cm³/mol. The van der Waals surface area contributed by atoms with Crippen LogP contribution in [0.4, 0.5) is 30.7 Å². The van der Waals surface area contributed by atoms with Gasteiger partial charge in [0, 0.05) is 19.0 Å². The van der Waals surface area contributed by atoms with Crippen molar-refractivity contribution >= 4 is 5.97 Å². The van der Waals surface area contributed by atoms with Gasteiger partial charge in [-0.3, -0.25) is 4.79 Å². The molecule has 4 unspecified atom stereocenters. The van der Waals surface area contributed by atoms with E-state index >= 15 is 0 Å². The zero-order chi connectivity index (χ0) is 27.5. The Balaban J connectivity index is 1.87. The molecule has 2 aromatic carbocycles. The van der Waals surface area contributed by atoms with Crippen LogP contribution in [0.5, 0.6) is 0 Å². The minimum atomic E-state index is -4.97. The molecule has 1 N–H and O–H groups in total. The average Bonchev–Trinajstić information content (AvgIpc) is 3.18. The summed E-state index contributed by atoms with van der Waals surface area (Å²) in [5.41, 5.74) is -2.34. The van der Waals surface area contributed by atoms with Crippen LogP contribution in [-0.4, -0.2) is 42.2 Å². The molecule has 3 rings (SSSR count). The lowest BCUT2D eigenvalue weighted by Gasteiger charge is -2.30. The molecule has 2 aromatic rings. The van der Waals surface area contributed by atoms with Crippen molar-refractivity contribution in [1.29, 1.82) is 0 Å². The molecule has 0 aromatic heterocycles. The van der Waals surface area contributed by atoms with Crippen molar-refractivity contribution in [2.75, 3.05) is 20.1 Å². The van der Waals surface area contributed by atoms with E-state index in [9.17, 15) is 35.5 Å². The monoisotopic (exact) mass is 535 g/mol. The van der Waals surface area contributed by atoms with Crippen LogP contribution < -0.4 is 0 Å². The van der Waals surface area contributed by atoms with E-state index in [4.69, 9.17) is 9.84 Å². The average molecular weight is 536 g/mol. The third kappa shape index (κ3) is 7.67. The largest absolute Gasteiger partial charge is 0.481 e. The second-order valence-corrected chi connectivity index (χ2v) is 9.48. The molecule has 37 heavy (non-hydrogen) atoms. The van der Waals surface area contributed by atoms with E-state index in [1.807, 2.05) is 4.90 Å². The third-order valence-corrected chi connectivity index (χ3v) is 6.70. The number of benzene rings is 2. The Labute approximate surface area is 210 Å². The Bertz CT molecular complexity index is 1040. The number of nitrogens with zero attached hydrogens (tertiary/aromatic N) is 1. The summed E-state index contributed by atoms with van der Waals surface area (Å²) in [7, 11) is 1.77. The summed E-state index contributed by atoms with van der Waals surface area (Å²) in [4.78, 5) is 12.8. The topological polar surface area (TPSA) is 49.8 Å². The first-order valence-electron chi connectivity index (χ1n) is 11.8. The predicted octanol–water partition coefficient (Wildman–Crippen LogP) is 6.91. The maximum Gasteiger partial charge on any atom is 0.416 e. The molecular weight excluding hydrogens is 507 g/mol. The number of aliphatic carboxylic acids is 1. The van der Waals surface area contributed by atoms with Crippen LogP contribution in [-0.2, 0) is 21.9 Å². The fraction of sp³-hybridized carbons (Fsp3) is 0.500. The molecule has 0 radical (unpaired) electrons. The molecule has 4 atom stereocenters. The Morgan fingerprint density at radius 2 is 1.59 bits per heavy atom. The van der Waals surface area contributed by atoms with Gasteiger partial charge >= 0.3 is 18.3 Å². The Morgan fingerprint density at radius 3 is 2.11 bits per heavy atom. The van der Waals surface area contributed by atoms with Crippen molar-refractivity contribution in [3.05, 3.63) is 70.5 Å². The highest BCUT2D eigenvalue weighted by Crippen LogP contribution is 2.45. The summed E-state index contributed by atoms with van der Waals surface area (Å²) in [6.07, 6.45) is -10.5. The molecule has 0 heterocycles. The van der Waals surface area contributed by atoms with E-state index in [2.05, 4.69) is 0 Å². The smallest absolute Gasteiger partial charge is 0.416 e. The lowest BCUT2D eigenvalue weighted by molar-refractivity contribution is -0.143. The van der Waals surface area contributed by atoms with E-state index in [0.717, 1.165) is 5.56 Å². The van der Waals surface area contributed by atoms with Crippen LogP contribution in [0.2, 0.25) is 0 Å². The molecule has 4 nitrogen and oxygen atoms in total. The molecule has 11 heteroatoms. The SMILES string of the molecule is CC(OC1CCC(CN(C)CCC(=O)O)C1c1ccc(F)cc1)c1cc(C(F)(F)F)cc(C(F)(F)F)c1. The normalized spacial score (nSPS) is 21.4. The maximum absolute atomic E-state index is 13.6. The van der Waals surface area contributed by atoms with Gasteiger partial charge in [0.15, 0.2) is 0 Å². The Kier molecular flexibility index (Phi) is 8.89. The maximum atomic E-state index is 13.6. The van der Waals surface area contributed by atoms with Crippen LogP contribution >= 0.6 is 0 Å². The highest BCUT2D eigenvalue weighted by molar-refractivity contribution is 5.66. The van der Waals surface area contributed by atoms with Crippen LogP contribution in [0.3, 0.4) is 0 Å². The number of ether oxygens (including phenoxy) is 1. The second kappa shape index (κ2) is 11.4. The van der Waals surface area contributed by atoms with E-state index in [-0.39, 0.29) is 29.9 Å². The van der Waals surface area contributed by atoms with Gasteiger partial charge < -0.3 is 14.7 Å². The number of carbonyl (C=O) groups is 1. The van der Waals surface area contributed by atoms with E-state index in [0.29, 0.717) is 38.1 Å².